The second-order valence-corrected chi connectivity index (χ2v) is 7.29. The molecule has 2 rings (SSSR count). The lowest BCUT2D eigenvalue weighted by atomic mass is 10.2. The molecule has 4 nitrogen and oxygen atoms in total. The first-order valence-corrected chi connectivity index (χ1v) is 8.72. The molecule has 2 aromatic rings. The van der Waals surface area contributed by atoms with E-state index in [0.717, 1.165) is 0 Å². The normalized spacial score (nSPS) is 11.5. The highest BCUT2D eigenvalue weighted by Crippen LogP contribution is 2.15. The van der Waals surface area contributed by atoms with Gasteiger partial charge < -0.3 is 0 Å². The Hall–Kier alpha value is -1.31. The molecule has 0 spiro atoms. The number of pyridine rings is 1. The van der Waals surface area contributed by atoms with Gasteiger partial charge in [-0.1, -0.05) is 22.0 Å². The molecule has 112 valence electrons. The van der Waals surface area contributed by atoms with Crippen molar-refractivity contribution in [3.63, 3.8) is 0 Å². The minimum absolute atomic E-state index is 0.0736. The van der Waals surface area contributed by atoms with Crippen LogP contribution in [0, 0.1) is 5.82 Å². The van der Waals surface area contributed by atoms with Gasteiger partial charge in [-0.2, -0.15) is 0 Å². The summed E-state index contributed by atoms with van der Waals surface area (Å²) in [6.07, 6.45) is 1.93. The number of benzene rings is 1. The maximum atomic E-state index is 13.5. The van der Waals surface area contributed by atoms with Crippen LogP contribution in [0.15, 0.2) is 47.1 Å². The number of hydrogen-bond acceptors (Lipinski definition) is 3. The summed E-state index contributed by atoms with van der Waals surface area (Å²) in [7, 11) is -3.48. The van der Waals surface area contributed by atoms with Gasteiger partial charge in [0, 0.05) is 34.9 Å². The molecule has 0 aliphatic heterocycles. The van der Waals surface area contributed by atoms with Crippen molar-refractivity contribution in [1.82, 2.24) is 9.71 Å². The van der Waals surface area contributed by atoms with E-state index in [2.05, 4.69) is 25.6 Å². The van der Waals surface area contributed by atoms with E-state index in [1.54, 1.807) is 36.5 Å². The van der Waals surface area contributed by atoms with Crippen molar-refractivity contribution < 1.29 is 12.8 Å². The molecule has 1 aromatic carbocycles. The third-order valence-corrected chi connectivity index (χ3v) is 4.66. The number of hydrogen-bond donors (Lipinski definition) is 1. The molecular weight excluding hydrogens is 359 g/mol. The Balaban J connectivity index is 1.93. The Kier molecular flexibility index (Phi) is 5.44. The van der Waals surface area contributed by atoms with Crippen molar-refractivity contribution in [3.8, 4) is 0 Å². The summed E-state index contributed by atoms with van der Waals surface area (Å²) in [6, 6.07) is 9.75. The molecule has 0 atom stereocenters. The summed E-state index contributed by atoms with van der Waals surface area (Å²) in [5.74, 6) is -0.523. The molecule has 1 N–H and O–H groups in total. The van der Waals surface area contributed by atoms with E-state index < -0.39 is 15.8 Å². The Labute approximate surface area is 131 Å². The summed E-state index contributed by atoms with van der Waals surface area (Å²) in [6.45, 7) is -0.0736. The molecule has 1 aromatic heterocycles. The number of nitrogens with one attached hydrogen (secondary N) is 1. The molecule has 0 aliphatic carbocycles. The molecule has 7 heteroatoms. The second-order valence-electron chi connectivity index (χ2n) is 4.45. The Morgan fingerprint density at radius 1 is 1.24 bits per heavy atom. The van der Waals surface area contributed by atoms with Crippen LogP contribution in [0.5, 0.6) is 0 Å². The molecule has 0 radical (unpaired) electrons. The fraction of sp³-hybridized carbons (Fsp3) is 0.214. The first-order chi connectivity index (χ1) is 9.96. The molecule has 0 aliphatic rings. The summed E-state index contributed by atoms with van der Waals surface area (Å²) >= 11 is 3.23. The Bertz CT molecular complexity index is 708. The van der Waals surface area contributed by atoms with Gasteiger partial charge in [-0.3, -0.25) is 4.98 Å². The van der Waals surface area contributed by atoms with Gasteiger partial charge in [0.1, 0.15) is 5.82 Å². The van der Waals surface area contributed by atoms with Crippen LogP contribution >= 0.6 is 15.9 Å². The first-order valence-electron chi connectivity index (χ1n) is 6.27. The van der Waals surface area contributed by atoms with E-state index in [9.17, 15) is 12.8 Å². The van der Waals surface area contributed by atoms with Crippen molar-refractivity contribution in [1.29, 1.82) is 0 Å². The zero-order chi connectivity index (χ0) is 15.3. The van der Waals surface area contributed by atoms with Gasteiger partial charge in [0.05, 0.1) is 5.75 Å². The van der Waals surface area contributed by atoms with Crippen molar-refractivity contribution in [3.05, 3.63) is 64.1 Å². The number of sulfonamides is 1. The Morgan fingerprint density at radius 3 is 2.76 bits per heavy atom. The fourth-order valence-electron chi connectivity index (χ4n) is 1.72. The average Bonchev–Trinajstić information content (AvgIpc) is 2.47. The number of aromatic nitrogens is 1. The maximum absolute atomic E-state index is 13.5. The molecule has 0 saturated carbocycles. The van der Waals surface area contributed by atoms with E-state index >= 15 is 0 Å². The summed E-state index contributed by atoms with van der Waals surface area (Å²) in [5.41, 5.74) is 1.00. The molecule has 0 amide bonds. The van der Waals surface area contributed by atoms with E-state index in [4.69, 9.17) is 0 Å². The van der Waals surface area contributed by atoms with Gasteiger partial charge >= 0.3 is 0 Å². The van der Waals surface area contributed by atoms with E-state index in [0.29, 0.717) is 22.2 Å². The van der Waals surface area contributed by atoms with Crippen LogP contribution in [-0.2, 0) is 23.0 Å². The zero-order valence-corrected chi connectivity index (χ0v) is 13.5. The van der Waals surface area contributed by atoms with Crippen molar-refractivity contribution in [2.75, 3.05) is 5.75 Å². The third kappa shape index (κ3) is 5.18. The van der Waals surface area contributed by atoms with Crippen LogP contribution in [-0.4, -0.2) is 19.2 Å². The first kappa shape index (κ1) is 16.1. The van der Waals surface area contributed by atoms with E-state index in [-0.39, 0.29) is 12.3 Å². The van der Waals surface area contributed by atoms with Gasteiger partial charge in [0.15, 0.2) is 0 Å². The average molecular weight is 373 g/mol. The SMILES string of the molecule is O=S(=O)(CCc1ccccn1)NCc1cc(Br)ccc1F. The van der Waals surface area contributed by atoms with Gasteiger partial charge in [-0.25, -0.2) is 17.5 Å². The minimum Gasteiger partial charge on any atom is -0.261 e. The van der Waals surface area contributed by atoms with Crippen LogP contribution in [0.3, 0.4) is 0 Å². The lowest BCUT2D eigenvalue weighted by molar-refractivity contribution is 0.573. The lowest BCUT2D eigenvalue weighted by Crippen LogP contribution is -2.27. The van der Waals surface area contributed by atoms with Gasteiger partial charge in [-0.15, -0.1) is 0 Å². The smallest absolute Gasteiger partial charge is 0.212 e. The highest BCUT2D eigenvalue weighted by atomic mass is 79.9. The largest absolute Gasteiger partial charge is 0.261 e. The number of rotatable bonds is 6. The molecular formula is C14H14BrFN2O2S. The quantitative estimate of drug-likeness (QED) is 0.847. The van der Waals surface area contributed by atoms with Gasteiger partial charge in [0.2, 0.25) is 10.0 Å². The van der Waals surface area contributed by atoms with Crippen molar-refractivity contribution >= 4 is 26.0 Å². The highest BCUT2D eigenvalue weighted by molar-refractivity contribution is 9.10. The van der Waals surface area contributed by atoms with Crippen LogP contribution in [0.4, 0.5) is 4.39 Å². The lowest BCUT2D eigenvalue weighted by Gasteiger charge is -2.08. The Morgan fingerprint density at radius 2 is 2.05 bits per heavy atom. The summed E-state index contributed by atoms with van der Waals surface area (Å²) in [5, 5.41) is 0. The molecule has 0 unspecified atom stereocenters. The molecule has 1 heterocycles. The monoisotopic (exact) mass is 372 g/mol. The predicted octanol–water partition coefficient (Wildman–Crippen LogP) is 2.65. The minimum atomic E-state index is -3.48. The molecule has 21 heavy (non-hydrogen) atoms. The third-order valence-electron chi connectivity index (χ3n) is 2.84. The predicted molar refractivity (Wildman–Crippen MR) is 82.7 cm³/mol. The summed E-state index contributed by atoms with van der Waals surface area (Å²) in [4.78, 5) is 4.07. The van der Waals surface area contributed by atoms with Crippen molar-refractivity contribution in [2.24, 2.45) is 0 Å². The standard InChI is InChI=1S/C14H14BrFN2O2S/c15-12-4-5-14(16)11(9-12)10-18-21(19,20)8-6-13-3-1-2-7-17-13/h1-5,7,9,18H,6,8,10H2. The maximum Gasteiger partial charge on any atom is 0.212 e. The van der Waals surface area contributed by atoms with Crippen LogP contribution < -0.4 is 4.72 Å². The number of aryl methyl sites for hydroxylation is 1. The van der Waals surface area contributed by atoms with Crippen LogP contribution in [0.25, 0.3) is 0 Å². The second kappa shape index (κ2) is 7.11. The fourth-order valence-corrected chi connectivity index (χ4v) is 3.13. The van der Waals surface area contributed by atoms with Gasteiger partial charge in [0.25, 0.3) is 0 Å². The molecule has 0 saturated heterocycles. The number of nitrogens with zero attached hydrogens (tertiary/aromatic N) is 1. The molecule has 0 fully saturated rings. The zero-order valence-electron chi connectivity index (χ0n) is 11.1. The summed E-state index contributed by atoms with van der Waals surface area (Å²) < 4.78 is 40.4. The highest BCUT2D eigenvalue weighted by Gasteiger charge is 2.12. The van der Waals surface area contributed by atoms with Crippen LogP contribution in [0.2, 0.25) is 0 Å². The van der Waals surface area contributed by atoms with E-state index in [1.165, 1.54) is 6.07 Å². The van der Waals surface area contributed by atoms with Crippen LogP contribution in [0.1, 0.15) is 11.3 Å². The molecule has 0 bridgehead atoms. The topological polar surface area (TPSA) is 59.1 Å². The van der Waals surface area contributed by atoms with E-state index in [1.807, 2.05) is 0 Å². The van der Waals surface area contributed by atoms with Gasteiger partial charge in [-0.05, 0) is 30.3 Å². The number of halogens is 2. The van der Waals surface area contributed by atoms with Crippen molar-refractivity contribution in [2.45, 2.75) is 13.0 Å².